The molecule has 114 valence electrons. The summed E-state index contributed by atoms with van der Waals surface area (Å²) in [7, 11) is 1.94. The molecule has 0 heterocycles. The van der Waals surface area contributed by atoms with Crippen molar-refractivity contribution in [2.45, 2.75) is 26.3 Å². The largest absolute Gasteiger partial charge is 0.300 e. The van der Waals surface area contributed by atoms with Gasteiger partial charge in [-0.1, -0.05) is 60.7 Å². The number of benzene rings is 2. The quantitative estimate of drug-likeness (QED) is 0.576. The summed E-state index contributed by atoms with van der Waals surface area (Å²) in [6.07, 6.45) is 1.10. The van der Waals surface area contributed by atoms with E-state index < -0.39 is 0 Å². The Bertz CT molecular complexity index is 620. The second kappa shape index (κ2) is 8.13. The first-order valence-corrected chi connectivity index (χ1v) is 7.48. The SMILES string of the molecule is CC(=O)CC(Cc1ccccc1)=NN(C)Cc1ccccc1. The van der Waals surface area contributed by atoms with Crippen LogP contribution in [0.4, 0.5) is 0 Å². The van der Waals surface area contributed by atoms with Crippen LogP contribution in [0.15, 0.2) is 65.8 Å². The lowest BCUT2D eigenvalue weighted by atomic mass is 10.1. The van der Waals surface area contributed by atoms with E-state index >= 15 is 0 Å². The summed E-state index contributed by atoms with van der Waals surface area (Å²) < 4.78 is 0. The van der Waals surface area contributed by atoms with Gasteiger partial charge in [0.25, 0.3) is 0 Å². The van der Waals surface area contributed by atoms with Crippen molar-refractivity contribution in [2.75, 3.05) is 7.05 Å². The molecule has 3 nitrogen and oxygen atoms in total. The highest BCUT2D eigenvalue weighted by molar-refractivity contribution is 6.01. The average molecular weight is 294 g/mol. The molecule has 0 fully saturated rings. The number of hydrogen-bond donors (Lipinski definition) is 0. The molecular weight excluding hydrogens is 272 g/mol. The van der Waals surface area contributed by atoms with Gasteiger partial charge < -0.3 is 0 Å². The average Bonchev–Trinajstić information content (AvgIpc) is 2.48. The van der Waals surface area contributed by atoms with Gasteiger partial charge in [0, 0.05) is 25.6 Å². The first kappa shape index (κ1) is 16.0. The maximum Gasteiger partial charge on any atom is 0.135 e. The number of ketones is 1. The minimum atomic E-state index is 0.141. The Kier molecular flexibility index (Phi) is 5.90. The highest BCUT2D eigenvalue weighted by atomic mass is 16.1. The fourth-order valence-electron chi connectivity index (χ4n) is 2.38. The Hall–Kier alpha value is -2.42. The molecule has 2 rings (SSSR count). The summed E-state index contributed by atoms with van der Waals surface area (Å²) in [6, 6.07) is 20.3. The number of carbonyl (C=O) groups excluding carboxylic acids is 1. The molecule has 2 aromatic carbocycles. The molecule has 0 saturated carbocycles. The summed E-state index contributed by atoms with van der Waals surface area (Å²) in [5.74, 6) is 0.141. The second-order valence-corrected chi connectivity index (χ2v) is 5.51. The topological polar surface area (TPSA) is 32.7 Å². The van der Waals surface area contributed by atoms with Crippen molar-refractivity contribution in [3.05, 3.63) is 71.8 Å². The maximum atomic E-state index is 11.5. The molecule has 0 N–H and O–H groups in total. The van der Waals surface area contributed by atoms with Gasteiger partial charge in [-0.15, -0.1) is 0 Å². The third-order valence-electron chi connectivity index (χ3n) is 3.27. The van der Waals surface area contributed by atoms with Crippen molar-refractivity contribution in [3.63, 3.8) is 0 Å². The molecule has 0 radical (unpaired) electrons. The fraction of sp³-hybridized carbons (Fsp3) is 0.263. The zero-order valence-electron chi connectivity index (χ0n) is 13.2. The van der Waals surface area contributed by atoms with Crippen LogP contribution < -0.4 is 0 Å². The molecule has 2 aromatic rings. The Morgan fingerprint density at radius 3 is 2.05 bits per heavy atom. The number of hydrazone groups is 1. The number of Topliss-reactive ketones (excluding diaryl/α,β-unsaturated/α-hetero) is 1. The molecule has 0 spiro atoms. The Morgan fingerprint density at radius 1 is 0.955 bits per heavy atom. The molecular formula is C19H22N2O. The van der Waals surface area contributed by atoms with E-state index in [0.717, 1.165) is 12.3 Å². The molecule has 0 aliphatic rings. The van der Waals surface area contributed by atoms with Crippen LogP contribution in [0.2, 0.25) is 0 Å². The molecule has 0 unspecified atom stereocenters. The highest BCUT2D eigenvalue weighted by Gasteiger charge is 2.07. The molecule has 22 heavy (non-hydrogen) atoms. The summed E-state index contributed by atoms with van der Waals surface area (Å²) >= 11 is 0. The Morgan fingerprint density at radius 2 is 1.50 bits per heavy atom. The highest BCUT2D eigenvalue weighted by Crippen LogP contribution is 2.07. The molecule has 0 aromatic heterocycles. The summed E-state index contributed by atoms with van der Waals surface area (Å²) in [5.41, 5.74) is 3.28. The number of hydrogen-bond acceptors (Lipinski definition) is 3. The van der Waals surface area contributed by atoms with E-state index in [9.17, 15) is 4.79 Å². The Balaban J connectivity index is 2.08. The fourth-order valence-corrected chi connectivity index (χ4v) is 2.38. The first-order valence-electron chi connectivity index (χ1n) is 7.48. The smallest absolute Gasteiger partial charge is 0.135 e. The minimum absolute atomic E-state index is 0.141. The van der Waals surface area contributed by atoms with Gasteiger partial charge in [0.2, 0.25) is 0 Å². The minimum Gasteiger partial charge on any atom is -0.300 e. The third-order valence-corrected chi connectivity index (χ3v) is 3.27. The lowest BCUT2D eigenvalue weighted by molar-refractivity contribution is -0.115. The second-order valence-electron chi connectivity index (χ2n) is 5.51. The summed E-state index contributed by atoms with van der Waals surface area (Å²) in [5, 5.41) is 6.54. The van der Waals surface area contributed by atoms with E-state index in [2.05, 4.69) is 29.4 Å². The van der Waals surface area contributed by atoms with Crippen LogP contribution in [0, 0.1) is 0 Å². The van der Waals surface area contributed by atoms with E-state index in [-0.39, 0.29) is 5.78 Å². The lowest BCUT2D eigenvalue weighted by Gasteiger charge is -2.16. The van der Waals surface area contributed by atoms with Gasteiger partial charge in [-0.25, -0.2) is 0 Å². The van der Waals surface area contributed by atoms with Crippen molar-refractivity contribution in [1.29, 1.82) is 0 Å². The van der Waals surface area contributed by atoms with Crippen molar-refractivity contribution in [1.82, 2.24) is 5.01 Å². The van der Waals surface area contributed by atoms with Crippen molar-refractivity contribution >= 4 is 11.5 Å². The van der Waals surface area contributed by atoms with Crippen LogP contribution in [0.25, 0.3) is 0 Å². The third kappa shape index (κ3) is 5.52. The lowest BCUT2D eigenvalue weighted by Crippen LogP contribution is -2.17. The van der Waals surface area contributed by atoms with Crippen LogP contribution in [0.5, 0.6) is 0 Å². The normalized spacial score (nSPS) is 11.3. The van der Waals surface area contributed by atoms with E-state index in [4.69, 9.17) is 0 Å². The summed E-state index contributed by atoms with van der Waals surface area (Å²) in [6.45, 7) is 2.34. The molecule has 0 saturated heterocycles. The first-order chi connectivity index (χ1) is 10.6. The van der Waals surface area contributed by atoms with Crippen molar-refractivity contribution < 1.29 is 4.79 Å². The van der Waals surface area contributed by atoms with E-state index in [0.29, 0.717) is 12.8 Å². The van der Waals surface area contributed by atoms with E-state index in [1.165, 1.54) is 11.1 Å². The van der Waals surface area contributed by atoms with Gasteiger partial charge in [-0.2, -0.15) is 5.10 Å². The molecule has 0 amide bonds. The van der Waals surface area contributed by atoms with Crippen LogP contribution in [-0.2, 0) is 17.8 Å². The van der Waals surface area contributed by atoms with Crippen molar-refractivity contribution in [3.8, 4) is 0 Å². The molecule has 0 bridgehead atoms. The zero-order chi connectivity index (χ0) is 15.8. The van der Waals surface area contributed by atoms with Crippen LogP contribution in [0.3, 0.4) is 0 Å². The monoisotopic (exact) mass is 294 g/mol. The van der Waals surface area contributed by atoms with Gasteiger partial charge >= 0.3 is 0 Å². The van der Waals surface area contributed by atoms with Gasteiger partial charge in [-0.05, 0) is 18.1 Å². The van der Waals surface area contributed by atoms with Crippen LogP contribution in [0.1, 0.15) is 24.5 Å². The number of rotatable bonds is 7. The van der Waals surface area contributed by atoms with Gasteiger partial charge in [0.15, 0.2) is 0 Å². The standard InChI is InChI=1S/C19H22N2O/c1-16(22)13-19(14-17-9-5-3-6-10-17)20-21(2)15-18-11-7-4-8-12-18/h3-12H,13-15H2,1-2H3. The van der Waals surface area contributed by atoms with Crippen LogP contribution >= 0.6 is 0 Å². The number of nitrogens with zero attached hydrogens (tertiary/aromatic N) is 2. The predicted octanol–water partition coefficient (Wildman–Crippen LogP) is 3.70. The zero-order valence-corrected chi connectivity index (χ0v) is 13.2. The molecule has 0 aliphatic heterocycles. The number of carbonyl (C=O) groups is 1. The molecule has 0 atom stereocenters. The van der Waals surface area contributed by atoms with Gasteiger partial charge in [0.1, 0.15) is 5.78 Å². The van der Waals surface area contributed by atoms with E-state index in [1.54, 1.807) is 6.92 Å². The van der Waals surface area contributed by atoms with E-state index in [1.807, 2.05) is 48.5 Å². The molecule has 0 aliphatic carbocycles. The van der Waals surface area contributed by atoms with Crippen LogP contribution in [-0.4, -0.2) is 23.6 Å². The Labute approximate surface area is 132 Å². The predicted molar refractivity (Wildman–Crippen MR) is 90.8 cm³/mol. The van der Waals surface area contributed by atoms with Gasteiger partial charge in [0.05, 0.1) is 6.54 Å². The maximum absolute atomic E-state index is 11.5. The van der Waals surface area contributed by atoms with Gasteiger partial charge in [-0.3, -0.25) is 9.80 Å². The van der Waals surface area contributed by atoms with Crippen molar-refractivity contribution in [2.24, 2.45) is 5.10 Å². The summed E-state index contributed by atoms with van der Waals surface area (Å²) in [4.78, 5) is 11.5. The molecule has 3 heteroatoms.